The Hall–Kier alpha value is -5.79. The van der Waals surface area contributed by atoms with Crippen molar-refractivity contribution in [3.05, 3.63) is 69.8 Å². The lowest BCUT2D eigenvalue weighted by atomic mass is 9.79. The quantitative estimate of drug-likeness (QED) is 0.0297. The highest BCUT2D eigenvalue weighted by atomic mass is 16.6. The number of unbranched alkanes of at least 4 members (excludes halogenated alkanes) is 3. The van der Waals surface area contributed by atoms with Gasteiger partial charge in [-0.2, -0.15) is 0 Å². The summed E-state index contributed by atoms with van der Waals surface area (Å²) in [6.45, 7) is 17.3. The Morgan fingerprint density at radius 1 is 0.264 bits per heavy atom. The molecule has 0 unspecified atom stereocenters. The second kappa shape index (κ2) is 45.5. The number of aldehydes is 3. The van der Waals surface area contributed by atoms with Crippen LogP contribution in [0.2, 0.25) is 0 Å². The molecule has 0 aliphatic heterocycles. The molecule has 486 valence electrons. The molecule has 4 aromatic rings. The van der Waals surface area contributed by atoms with E-state index >= 15 is 0 Å². The Balaban J connectivity index is 1.63. The summed E-state index contributed by atoms with van der Waals surface area (Å²) in [5.74, 6) is 2.41. The van der Waals surface area contributed by atoms with Crippen molar-refractivity contribution in [3.8, 4) is 67.9 Å². The molecule has 4 rings (SSSR count). The van der Waals surface area contributed by atoms with Crippen LogP contribution in [0.15, 0.2) is 36.4 Å². The molecule has 0 spiro atoms. The molecule has 0 aromatic heterocycles. The molecule has 0 fully saturated rings. The SMILES string of the molecule is COCCOCCOCCOCCCCOc1cc(OC)c(-c2c(C)c(-c3cc(C=O)c(OCCCCOCCOCCOCCOC)cc3OC)c(C)c(-c3cc(C=O)c(OCCCCOCCOCCOCCOC)cc3OC)c2C)cc1C=O. The lowest BCUT2D eigenvalue weighted by molar-refractivity contribution is 0.00304. The smallest absolute Gasteiger partial charge is 0.153 e. The summed E-state index contributed by atoms with van der Waals surface area (Å²) in [5.41, 5.74) is 7.28. The zero-order chi connectivity index (χ0) is 62.7. The van der Waals surface area contributed by atoms with Crippen LogP contribution in [0.5, 0.6) is 34.5 Å². The Kier molecular flexibility index (Phi) is 38.5. The molecule has 0 saturated heterocycles. The minimum absolute atomic E-state index is 0.310. The van der Waals surface area contributed by atoms with Crippen molar-refractivity contribution in [3.63, 3.8) is 0 Å². The van der Waals surface area contributed by atoms with Crippen molar-refractivity contribution in [2.24, 2.45) is 0 Å². The van der Waals surface area contributed by atoms with Crippen LogP contribution in [0, 0.1) is 20.8 Å². The molecule has 0 amide bonds. The van der Waals surface area contributed by atoms with Crippen LogP contribution in [0.1, 0.15) is 86.3 Å². The molecule has 0 saturated carbocycles. The van der Waals surface area contributed by atoms with E-state index in [-0.39, 0.29) is 0 Å². The van der Waals surface area contributed by atoms with Gasteiger partial charge in [0.1, 0.15) is 34.5 Å². The average molecular weight is 1230 g/mol. The van der Waals surface area contributed by atoms with Crippen LogP contribution in [0.4, 0.5) is 0 Å². The van der Waals surface area contributed by atoms with Crippen LogP contribution in [0.3, 0.4) is 0 Å². The number of hydrogen-bond donors (Lipinski definition) is 0. The fourth-order valence-electron chi connectivity index (χ4n) is 9.43. The van der Waals surface area contributed by atoms with E-state index in [1.807, 2.05) is 20.8 Å². The van der Waals surface area contributed by atoms with Crippen molar-refractivity contribution < 1.29 is 99.6 Å². The van der Waals surface area contributed by atoms with Gasteiger partial charge in [-0.1, -0.05) is 0 Å². The maximum atomic E-state index is 13.0. The van der Waals surface area contributed by atoms with Gasteiger partial charge in [-0.25, -0.2) is 0 Å². The molecule has 0 heterocycles. The summed E-state index contributed by atoms with van der Waals surface area (Å²) >= 11 is 0. The second-order valence-electron chi connectivity index (χ2n) is 19.8. The second-order valence-corrected chi connectivity index (χ2v) is 19.8. The molecule has 21 heteroatoms. The van der Waals surface area contributed by atoms with Crippen LogP contribution in [-0.2, 0) is 56.8 Å². The Bertz CT molecular complexity index is 2280. The molecule has 0 atom stereocenters. The van der Waals surface area contributed by atoms with E-state index < -0.39 is 0 Å². The first-order valence-electron chi connectivity index (χ1n) is 29.9. The van der Waals surface area contributed by atoms with Gasteiger partial charge in [-0.15, -0.1) is 0 Å². The Morgan fingerprint density at radius 2 is 0.471 bits per heavy atom. The number of rotatable bonds is 54. The molecule has 0 N–H and O–H groups in total. The monoisotopic (exact) mass is 1220 g/mol. The van der Waals surface area contributed by atoms with Crippen molar-refractivity contribution in [2.45, 2.75) is 59.3 Å². The summed E-state index contributed by atoms with van der Waals surface area (Å²) in [4.78, 5) is 39.1. The fraction of sp³-hybridized carbons (Fsp3) is 0.591. The van der Waals surface area contributed by atoms with E-state index in [4.69, 9.17) is 85.3 Å². The largest absolute Gasteiger partial charge is 0.496 e. The predicted molar refractivity (Wildman–Crippen MR) is 330 cm³/mol. The third-order valence-electron chi connectivity index (χ3n) is 13.8. The summed E-state index contributed by atoms with van der Waals surface area (Å²) < 4.78 is 102. The summed E-state index contributed by atoms with van der Waals surface area (Å²) in [7, 11) is 9.59. The normalized spacial score (nSPS) is 11.3. The van der Waals surface area contributed by atoms with E-state index in [1.165, 1.54) is 0 Å². The van der Waals surface area contributed by atoms with Gasteiger partial charge in [0.25, 0.3) is 0 Å². The molecule has 0 radical (unpaired) electrons. The average Bonchev–Trinajstić information content (AvgIpc) is 1.11. The number of benzene rings is 4. The first kappa shape index (κ1) is 73.7. The molecule has 21 nitrogen and oxygen atoms in total. The molecule has 0 aliphatic rings. The minimum Gasteiger partial charge on any atom is -0.496 e. The van der Waals surface area contributed by atoms with Gasteiger partial charge >= 0.3 is 0 Å². The van der Waals surface area contributed by atoms with Crippen molar-refractivity contribution in [1.29, 1.82) is 0 Å². The molecular weight excluding hydrogens is 1130 g/mol. The summed E-state index contributed by atoms with van der Waals surface area (Å²) in [6, 6.07) is 10.5. The van der Waals surface area contributed by atoms with E-state index in [9.17, 15) is 14.4 Å². The van der Waals surface area contributed by atoms with Gasteiger partial charge in [-0.3, -0.25) is 14.4 Å². The predicted octanol–water partition coefficient (Wildman–Crippen LogP) is 9.64. The third-order valence-corrected chi connectivity index (χ3v) is 13.8. The number of ether oxygens (including phenoxy) is 18. The zero-order valence-electron chi connectivity index (χ0n) is 53.0. The molecule has 87 heavy (non-hydrogen) atoms. The van der Waals surface area contributed by atoms with Crippen LogP contribution < -0.4 is 28.4 Å². The van der Waals surface area contributed by atoms with Gasteiger partial charge in [0.2, 0.25) is 0 Å². The first-order chi connectivity index (χ1) is 42.7. The van der Waals surface area contributed by atoms with Gasteiger partial charge in [0, 0.05) is 76.0 Å². The number of methoxy groups -OCH3 is 6. The first-order valence-corrected chi connectivity index (χ1v) is 29.9. The highest BCUT2D eigenvalue weighted by molar-refractivity contribution is 5.98. The van der Waals surface area contributed by atoms with Crippen LogP contribution in [0.25, 0.3) is 33.4 Å². The zero-order valence-corrected chi connectivity index (χ0v) is 53.0. The third kappa shape index (κ3) is 25.7. The lowest BCUT2D eigenvalue weighted by Gasteiger charge is -2.27. The highest BCUT2D eigenvalue weighted by Crippen LogP contribution is 2.51. The standard InChI is InChI=1S/C66H96O21/c1-49-64(55-40-52(46-67)58(43-61(55)73-7)85-19-13-10-16-76-28-31-82-37-34-79-25-22-70-4)50(2)66(57-42-54(48-69)60(45-63(57)75-9)87-21-15-12-18-78-30-33-84-39-36-81-27-24-72-6)51(3)65(49)56-41-53(47-68)59(44-62(56)74-8)86-20-14-11-17-77-29-32-83-38-35-80-26-23-71-5/h40-48H,10-39H2,1-9H3. The Labute approximate surface area is 514 Å². The Morgan fingerprint density at radius 3 is 0.678 bits per heavy atom. The van der Waals surface area contributed by atoms with Crippen LogP contribution >= 0.6 is 0 Å². The summed E-state index contributed by atoms with van der Waals surface area (Å²) in [5, 5.41) is 0. The maximum Gasteiger partial charge on any atom is 0.153 e. The lowest BCUT2D eigenvalue weighted by Crippen LogP contribution is -2.11. The molecule has 0 bridgehead atoms. The summed E-state index contributed by atoms with van der Waals surface area (Å²) in [6.07, 6.45) is 6.48. The van der Waals surface area contributed by atoms with E-state index in [2.05, 4.69) is 0 Å². The van der Waals surface area contributed by atoms with E-state index in [0.29, 0.717) is 246 Å². The topological polar surface area (TPSA) is 217 Å². The maximum absolute atomic E-state index is 13.0. The van der Waals surface area contributed by atoms with Gasteiger partial charge in [-0.05, 0) is 111 Å². The van der Waals surface area contributed by atoms with E-state index in [0.717, 1.165) is 71.5 Å². The number of carbonyl (C=O) groups excluding carboxylic acids is 3. The molecule has 0 aliphatic carbocycles. The van der Waals surface area contributed by atoms with E-state index in [1.54, 1.807) is 79.1 Å². The number of carbonyl (C=O) groups is 3. The minimum atomic E-state index is 0.310. The van der Waals surface area contributed by atoms with Gasteiger partial charge in [0.15, 0.2) is 18.9 Å². The fourth-order valence-corrected chi connectivity index (χ4v) is 9.43. The number of hydrogen-bond acceptors (Lipinski definition) is 21. The van der Waals surface area contributed by atoms with Crippen molar-refractivity contribution >= 4 is 18.9 Å². The van der Waals surface area contributed by atoms with Gasteiger partial charge < -0.3 is 85.3 Å². The van der Waals surface area contributed by atoms with Gasteiger partial charge in [0.05, 0.1) is 177 Å². The molecule has 4 aromatic carbocycles. The van der Waals surface area contributed by atoms with Crippen molar-refractivity contribution in [2.75, 3.05) is 201 Å². The van der Waals surface area contributed by atoms with Crippen LogP contribution in [-0.4, -0.2) is 220 Å². The molecular formula is C66H96O21. The van der Waals surface area contributed by atoms with Crippen molar-refractivity contribution in [1.82, 2.24) is 0 Å². The highest BCUT2D eigenvalue weighted by Gasteiger charge is 2.28.